The van der Waals surface area contributed by atoms with E-state index in [-0.39, 0.29) is 26.7 Å². The van der Waals surface area contributed by atoms with Gasteiger partial charge in [-0.15, -0.1) is 0 Å². The van der Waals surface area contributed by atoms with Gasteiger partial charge in [-0.1, -0.05) is 39.5 Å². The van der Waals surface area contributed by atoms with Crippen molar-refractivity contribution < 1.29 is 30.5 Å². The largest absolute Gasteiger partial charge is 0.346 e. The number of hydrogen-bond acceptors (Lipinski definition) is 1. The van der Waals surface area contributed by atoms with Crippen LogP contribution in [0.25, 0.3) is 0 Å². The summed E-state index contributed by atoms with van der Waals surface area (Å²) in [5.74, 6) is 0. The number of unbranched alkanes of at least 4 members (excludes halogenated alkanes) is 3. The zero-order valence-corrected chi connectivity index (χ0v) is 10.9. The third-order valence-electron chi connectivity index (χ3n) is 1.91. The van der Waals surface area contributed by atoms with Gasteiger partial charge in [-0.25, -0.2) is 0 Å². The van der Waals surface area contributed by atoms with Crippen LogP contribution in [0.3, 0.4) is 0 Å². The Morgan fingerprint density at radius 1 is 1.33 bits per heavy atom. The van der Waals surface area contributed by atoms with E-state index in [1.54, 1.807) is 0 Å². The molecule has 0 aromatic carbocycles. The fourth-order valence-electron chi connectivity index (χ4n) is 1.00. The van der Waals surface area contributed by atoms with E-state index in [1.165, 1.54) is 19.3 Å². The van der Waals surface area contributed by atoms with Crippen LogP contribution < -0.4 is 0 Å². The van der Waals surface area contributed by atoms with Crippen molar-refractivity contribution in [3.05, 3.63) is 0 Å². The minimum absolute atomic E-state index is 0. The molecular formula is C8H19MoO2P. The minimum atomic E-state index is -2.25. The van der Waals surface area contributed by atoms with Crippen molar-refractivity contribution in [3.63, 3.8) is 0 Å². The molecule has 74 valence electrons. The average Bonchev–Trinajstić information content (AvgIpc) is 1.97. The zero-order chi connectivity index (χ0) is 8.69. The molecule has 1 N–H and O–H groups in total. The predicted molar refractivity (Wildman–Crippen MR) is 49.4 cm³/mol. The van der Waals surface area contributed by atoms with Gasteiger partial charge in [0.2, 0.25) is 0 Å². The Balaban J connectivity index is 0. The monoisotopic (exact) mass is 276 g/mol. The molecule has 0 rings (SSSR count). The van der Waals surface area contributed by atoms with Crippen LogP contribution in [-0.2, 0) is 25.6 Å². The van der Waals surface area contributed by atoms with E-state index in [4.69, 9.17) is 4.89 Å². The minimum Gasteiger partial charge on any atom is -0.346 e. The summed E-state index contributed by atoms with van der Waals surface area (Å²) >= 11 is 0. The molecule has 0 heterocycles. The first-order valence-corrected chi connectivity index (χ1v) is 5.84. The molecule has 0 aliphatic carbocycles. The molecule has 2 atom stereocenters. The maximum absolute atomic E-state index is 10.5. The first kappa shape index (κ1) is 15.4. The summed E-state index contributed by atoms with van der Waals surface area (Å²) < 4.78 is 10.5. The summed E-state index contributed by atoms with van der Waals surface area (Å²) in [6, 6.07) is 0. The summed E-state index contributed by atoms with van der Waals surface area (Å²) in [4.78, 5) is 8.72. The van der Waals surface area contributed by atoms with Gasteiger partial charge in [0.05, 0.1) is 0 Å². The molecule has 0 aliphatic rings. The zero-order valence-electron chi connectivity index (χ0n) is 7.88. The molecule has 2 nitrogen and oxygen atoms in total. The Labute approximate surface area is 90.3 Å². The van der Waals surface area contributed by atoms with Crippen molar-refractivity contribution in [2.45, 2.75) is 51.6 Å². The smallest absolute Gasteiger partial charge is 0.191 e. The Morgan fingerprint density at radius 3 is 2.33 bits per heavy atom. The van der Waals surface area contributed by atoms with E-state index in [0.29, 0.717) is 0 Å². The van der Waals surface area contributed by atoms with Gasteiger partial charge in [-0.3, -0.25) is 4.57 Å². The van der Waals surface area contributed by atoms with E-state index in [2.05, 4.69) is 6.92 Å². The molecule has 4 heteroatoms. The van der Waals surface area contributed by atoms with Crippen molar-refractivity contribution in [2.24, 2.45) is 0 Å². The molecule has 0 saturated heterocycles. The molecule has 0 aromatic heterocycles. The van der Waals surface area contributed by atoms with Gasteiger partial charge in [0, 0.05) is 26.7 Å². The topological polar surface area (TPSA) is 37.3 Å². The molecule has 12 heavy (non-hydrogen) atoms. The third-order valence-corrected chi connectivity index (χ3v) is 3.04. The van der Waals surface area contributed by atoms with Gasteiger partial charge in [0.1, 0.15) is 0 Å². The fraction of sp³-hybridized carbons (Fsp3) is 1.00. The van der Waals surface area contributed by atoms with E-state index in [1.807, 2.05) is 6.92 Å². The van der Waals surface area contributed by atoms with Crippen LogP contribution in [0.1, 0.15) is 46.0 Å². The van der Waals surface area contributed by atoms with Gasteiger partial charge in [0.15, 0.2) is 8.03 Å². The predicted octanol–water partition coefficient (Wildman–Crippen LogP) is 2.81. The molecule has 0 aliphatic heterocycles. The van der Waals surface area contributed by atoms with Gasteiger partial charge < -0.3 is 4.89 Å². The average molecular weight is 274 g/mol. The van der Waals surface area contributed by atoms with Gasteiger partial charge in [-0.05, 0) is 6.42 Å². The summed E-state index contributed by atoms with van der Waals surface area (Å²) in [6.45, 7) is 4.02. The second-order valence-corrected chi connectivity index (χ2v) is 4.75. The molecule has 0 aromatic rings. The molecule has 2 unspecified atom stereocenters. The van der Waals surface area contributed by atoms with Crippen molar-refractivity contribution >= 4 is 8.03 Å². The first-order valence-electron chi connectivity index (χ1n) is 4.41. The molecule has 0 amide bonds. The Hall–Kier alpha value is 0.878. The van der Waals surface area contributed by atoms with Crippen LogP contribution in [0.2, 0.25) is 0 Å². The molecule has 0 bridgehead atoms. The summed E-state index contributed by atoms with van der Waals surface area (Å²) in [6.07, 6.45) is 5.69. The Morgan fingerprint density at radius 2 is 1.92 bits per heavy atom. The molecule has 0 radical (unpaired) electrons. The summed E-state index contributed by atoms with van der Waals surface area (Å²) in [7, 11) is -2.25. The second-order valence-electron chi connectivity index (χ2n) is 3.09. The molecule has 0 fully saturated rings. The molecule has 0 saturated carbocycles. The van der Waals surface area contributed by atoms with Crippen LogP contribution in [0.5, 0.6) is 0 Å². The standard InChI is InChI=1S/C8H19O2P.Mo/c1-3-4-5-6-7-8(2)11(9)10;/h8,11H,3-7H2,1-2H3,(H,9,10);. The Bertz CT molecular complexity index is 120. The fourth-order valence-corrected chi connectivity index (χ4v) is 1.45. The second kappa shape index (κ2) is 9.96. The number of hydrogen-bond donors (Lipinski definition) is 1. The van der Waals surface area contributed by atoms with Crippen molar-refractivity contribution in [1.82, 2.24) is 0 Å². The van der Waals surface area contributed by atoms with Crippen LogP contribution in [0.4, 0.5) is 0 Å². The van der Waals surface area contributed by atoms with Crippen LogP contribution >= 0.6 is 8.03 Å². The SMILES string of the molecule is CCCCCCC(C)[PH](=O)O.[Mo]. The normalized spacial score (nSPS) is 14.9. The first-order chi connectivity index (χ1) is 5.18. The third kappa shape index (κ3) is 8.97. The molecule has 0 spiro atoms. The summed E-state index contributed by atoms with van der Waals surface area (Å²) in [5, 5.41) is 0. The van der Waals surface area contributed by atoms with E-state index < -0.39 is 8.03 Å². The van der Waals surface area contributed by atoms with Crippen LogP contribution in [-0.4, -0.2) is 10.6 Å². The van der Waals surface area contributed by atoms with Crippen molar-refractivity contribution in [3.8, 4) is 0 Å². The van der Waals surface area contributed by atoms with E-state index >= 15 is 0 Å². The van der Waals surface area contributed by atoms with Crippen molar-refractivity contribution in [1.29, 1.82) is 0 Å². The van der Waals surface area contributed by atoms with E-state index in [9.17, 15) is 4.57 Å². The Kier molecular flexibility index (Phi) is 12.7. The van der Waals surface area contributed by atoms with Crippen molar-refractivity contribution in [2.75, 3.05) is 0 Å². The number of rotatable bonds is 6. The summed E-state index contributed by atoms with van der Waals surface area (Å²) in [5.41, 5.74) is 0.0249. The molecular weight excluding hydrogens is 255 g/mol. The van der Waals surface area contributed by atoms with Gasteiger partial charge >= 0.3 is 0 Å². The maximum atomic E-state index is 10.5. The maximum Gasteiger partial charge on any atom is 0.191 e. The van der Waals surface area contributed by atoms with E-state index in [0.717, 1.165) is 12.8 Å². The van der Waals surface area contributed by atoms with Gasteiger partial charge in [-0.2, -0.15) is 0 Å². The quantitative estimate of drug-likeness (QED) is 0.459. The van der Waals surface area contributed by atoms with Crippen LogP contribution in [0, 0.1) is 0 Å². The van der Waals surface area contributed by atoms with Gasteiger partial charge in [0.25, 0.3) is 0 Å². The van der Waals surface area contributed by atoms with Crippen LogP contribution in [0.15, 0.2) is 0 Å².